The molecule has 28 heavy (non-hydrogen) atoms. The van der Waals surface area contributed by atoms with Gasteiger partial charge in [-0.1, -0.05) is 42.5 Å². The van der Waals surface area contributed by atoms with E-state index in [0.29, 0.717) is 22.4 Å². The largest absolute Gasteiger partial charge is 0.496 e. The van der Waals surface area contributed by atoms with Crippen LogP contribution in [-0.2, 0) is 6.61 Å². The van der Waals surface area contributed by atoms with E-state index in [1.165, 1.54) is 0 Å². The minimum atomic E-state index is -0.309. The predicted molar refractivity (Wildman–Crippen MR) is 113 cm³/mol. The SMILES string of the molecule is COc1ccc(C(=O)N/N=C/c2cccc(OCc3ccccc3)c2)cc1Br. The zero-order valence-electron chi connectivity index (χ0n) is 15.3. The first-order valence-electron chi connectivity index (χ1n) is 8.59. The topological polar surface area (TPSA) is 59.9 Å². The number of ether oxygens (including phenoxy) is 2. The lowest BCUT2D eigenvalue weighted by molar-refractivity contribution is 0.0955. The lowest BCUT2D eigenvalue weighted by atomic mass is 10.2. The second-order valence-electron chi connectivity index (χ2n) is 5.90. The van der Waals surface area contributed by atoms with Crippen LogP contribution in [0.25, 0.3) is 0 Å². The van der Waals surface area contributed by atoms with E-state index in [1.807, 2.05) is 54.6 Å². The molecule has 0 aliphatic heterocycles. The molecule has 0 aliphatic carbocycles. The molecule has 0 aliphatic rings. The molecule has 3 aromatic carbocycles. The van der Waals surface area contributed by atoms with Gasteiger partial charge < -0.3 is 9.47 Å². The van der Waals surface area contributed by atoms with Gasteiger partial charge in [-0.3, -0.25) is 4.79 Å². The number of nitrogens with one attached hydrogen (secondary N) is 1. The van der Waals surface area contributed by atoms with Gasteiger partial charge in [0.15, 0.2) is 0 Å². The molecule has 6 heteroatoms. The Morgan fingerprint density at radius 3 is 2.64 bits per heavy atom. The van der Waals surface area contributed by atoms with Crippen molar-refractivity contribution in [3.63, 3.8) is 0 Å². The summed E-state index contributed by atoms with van der Waals surface area (Å²) in [6.07, 6.45) is 1.58. The van der Waals surface area contributed by atoms with Gasteiger partial charge in [0, 0.05) is 5.56 Å². The summed E-state index contributed by atoms with van der Waals surface area (Å²) < 4.78 is 11.7. The Hall–Kier alpha value is -3.12. The summed E-state index contributed by atoms with van der Waals surface area (Å²) >= 11 is 3.36. The first-order chi connectivity index (χ1) is 13.7. The molecule has 0 atom stereocenters. The summed E-state index contributed by atoms with van der Waals surface area (Å²) in [5.74, 6) is 1.08. The van der Waals surface area contributed by atoms with Crippen LogP contribution in [0.4, 0.5) is 0 Å². The Labute approximate surface area is 172 Å². The van der Waals surface area contributed by atoms with E-state index in [0.717, 1.165) is 16.9 Å². The van der Waals surface area contributed by atoms with Crippen molar-refractivity contribution < 1.29 is 14.3 Å². The van der Waals surface area contributed by atoms with E-state index < -0.39 is 0 Å². The van der Waals surface area contributed by atoms with Gasteiger partial charge in [-0.15, -0.1) is 0 Å². The fourth-order valence-electron chi connectivity index (χ4n) is 2.46. The summed E-state index contributed by atoms with van der Waals surface area (Å²) in [5.41, 5.74) is 4.91. The smallest absolute Gasteiger partial charge is 0.271 e. The van der Waals surface area contributed by atoms with E-state index in [2.05, 4.69) is 26.5 Å². The van der Waals surface area contributed by atoms with Crippen LogP contribution in [-0.4, -0.2) is 19.2 Å². The molecule has 142 valence electrons. The third-order valence-corrected chi connectivity index (χ3v) is 4.52. The fourth-order valence-corrected chi connectivity index (χ4v) is 3.00. The molecule has 3 rings (SSSR count). The summed E-state index contributed by atoms with van der Waals surface area (Å²) in [6, 6.07) is 22.5. The molecule has 0 aromatic heterocycles. The molecule has 0 fully saturated rings. The lowest BCUT2D eigenvalue weighted by Gasteiger charge is -2.07. The Kier molecular flexibility index (Phi) is 6.81. The van der Waals surface area contributed by atoms with Gasteiger partial charge >= 0.3 is 0 Å². The standard InChI is InChI=1S/C22H19BrN2O3/c1-27-21-11-10-18(13-20(21)23)22(26)25-24-14-17-8-5-9-19(12-17)28-15-16-6-3-2-4-7-16/h2-14H,15H2,1H3,(H,25,26)/b24-14+. The van der Waals surface area contributed by atoms with Crippen LogP contribution >= 0.6 is 15.9 Å². The number of halogens is 1. The normalized spacial score (nSPS) is 10.6. The van der Waals surface area contributed by atoms with Gasteiger partial charge in [0.2, 0.25) is 0 Å². The van der Waals surface area contributed by atoms with E-state index in [4.69, 9.17) is 9.47 Å². The molecular formula is C22H19BrN2O3. The van der Waals surface area contributed by atoms with Crippen LogP contribution in [0.15, 0.2) is 82.4 Å². The highest BCUT2D eigenvalue weighted by Gasteiger charge is 2.07. The molecule has 0 saturated heterocycles. The van der Waals surface area contributed by atoms with Crippen molar-refractivity contribution in [1.29, 1.82) is 0 Å². The fraction of sp³-hybridized carbons (Fsp3) is 0.0909. The van der Waals surface area contributed by atoms with Crippen molar-refractivity contribution in [2.24, 2.45) is 5.10 Å². The predicted octanol–water partition coefficient (Wildman–Crippen LogP) is 4.80. The average Bonchev–Trinajstić information content (AvgIpc) is 2.73. The Balaban J connectivity index is 1.58. The van der Waals surface area contributed by atoms with Gasteiger partial charge in [-0.2, -0.15) is 5.10 Å². The highest BCUT2D eigenvalue weighted by molar-refractivity contribution is 9.10. The summed E-state index contributed by atoms with van der Waals surface area (Å²) in [5, 5.41) is 4.02. The van der Waals surface area contributed by atoms with E-state index in [9.17, 15) is 4.79 Å². The first kappa shape index (κ1) is 19.6. The van der Waals surface area contributed by atoms with Crippen molar-refractivity contribution in [2.45, 2.75) is 6.61 Å². The molecule has 0 saturated carbocycles. The van der Waals surface area contributed by atoms with Gasteiger partial charge in [0.25, 0.3) is 5.91 Å². The number of rotatable bonds is 7. The number of carbonyl (C=O) groups excluding carboxylic acids is 1. The van der Waals surface area contributed by atoms with Crippen molar-refractivity contribution in [2.75, 3.05) is 7.11 Å². The molecule has 0 bridgehead atoms. The monoisotopic (exact) mass is 438 g/mol. The average molecular weight is 439 g/mol. The van der Waals surface area contributed by atoms with Crippen LogP contribution in [0, 0.1) is 0 Å². The van der Waals surface area contributed by atoms with Crippen LogP contribution in [0.3, 0.4) is 0 Å². The maximum absolute atomic E-state index is 12.2. The highest BCUT2D eigenvalue weighted by Crippen LogP contribution is 2.25. The number of amides is 1. The quantitative estimate of drug-likeness (QED) is 0.425. The molecule has 0 spiro atoms. The number of hydrazone groups is 1. The van der Waals surface area contributed by atoms with Crippen molar-refractivity contribution >= 4 is 28.1 Å². The van der Waals surface area contributed by atoms with Crippen LogP contribution in [0.1, 0.15) is 21.5 Å². The second-order valence-corrected chi connectivity index (χ2v) is 6.75. The second kappa shape index (κ2) is 9.71. The van der Waals surface area contributed by atoms with E-state index in [1.54, 1.807) is 31.5 Å². The number of benzene rings is 3. The number of hydrogen-bond donors (Lipinski definition) is 1. The molecule has 0 radical (unpaired) electrons. The minimum Gasteiger partial charge on any atom is -0.496 e. The molecular weight excluding hydrogens is 420 g/mol. The van der Waals surface area contributed by atoms with Gasteiger partial charge in [0.05, 0.1) is 17.8 Å². The number of nitrogens with zero attached hydrogens (tertiary/aromatic N) is 1. The zero-order chi connectivity index (χ0) is 19.8. The Bertz CT molecular complexity index is 975. The summed E-state index contributed by atoms with van der Waals surface area (Å²) in [7, 11) is 1.57. The third-order valence-electron chi connectivity index (χ3n) is 3.90. The van der Waals surface area contributed by atoms with Gasteiger partial charge in [-0.25, -0.2) is 5.43 Å². The van der Waals surface area contributed by atoms with Crippen LogP contribution < -0.4 is 14.9 Å². The van der Waals surface area contributed by atoms with Crippen LogP contribution in [0.5, 0.6) is 11.5 Å². The van der Waals surface area contributed by atoms with Crippen molar-refractivity contribution in [3.8, 4) is 11.5 Å². The number of methoxy groups -OCH3 is 1. The summed E-state index contributed by atoms with van der Waals surface area (Å²) in [4.78, 5) is 12.2. The van der Waals surface area contributed by atoms with Crippen LogP contribution in [0.2, 0.25) is 0 Å². The van der Waals surface area contributed by atoms with E-state index in [-0.39, 0.29) is 5.91 Å². The van der Waals surface area contributed by atoms with Gasteiger partial charge in [-0.05, 0) is 57.4 Å². The van der Waals surface area contributed by atoms with Crippen molar-refractivity contribution in [3.05, 3.63) is 94.0 Å². The van der Waals surface area contributed by atoms with E-state index >= 15 is 0 Å². The van der Waals surface area contributed by atoms with Crippen molar-refractivity contribution in [1.82, 2.24) is 5.43 Å². The Morgan fingerprint density at radius 1 is 1.07 bits per heavy atom. The molecule has 0 unspecified atom stereocenters. The maximum Gasteiger partial charge on any atom is 0.271 e. The molecule has 1 N–H and O–H groups in total. The molecule has 5 nitrogen and oxygen atoms in total. The van der Waals surface area contributed by atoms with Gasteiger partial charge in [0.1, 0.15) is 18.1 Å². The first-order valence-corrected chi connectivity index (χ1v) is 9.39. The number of hydrogen-bond acceptors (Lipinski definition) is 4. The highest BCUT2D eigenvalue weighted by atomic mass is 79.9. The maximum atomic E-state index is 12.2. The molecule has 1 amide bonds. The minimum absolute atomic E-state index is 0.309. The summed E-state index contributed by atoms with van der Waals surface area (Å²) in [6.45, 7) is 0.491. The molecule has 3 aromatic rings. The zero-order valence-corrected chi connectivity index (χ0v) is 16.8. The Morgan fingerprint density at radius 2 is 1.89 bits per heavy atom. The number of carbonyl (C=O) groups is 1. The molecule has 0 heterocycles. The lowest BCUT2D eigenvalue weighted by Crippen LogP contribution is -2.17. The third kappa shape index (κ3) is 5.44.